The quantitative estimate of drug-likeness (QED) is 0.563. The molecule has 0 aromatic heterocycles. The van der Waals surface area contributed by atoms with E-state index < -0.39 is 22.0 Å². The van der Waals surface area contributed by atoms with E-state index in [2.05, 4.69) is 0 Å². The summed E-state index contributed by atoms with van der Waals surface area (Å²) < 4.78 is 37.6. The standard InChI is InChI=1S/C21H30N4O7S/c1-4-24(5-2)33(29,30)16-7-8-18-17(13-16)25(20(27)15-32-18)14-19(26)22-9-11-23(12-10-22)21(28)31-6-3/h7-8,13H,4-6,9-12,14-15H2,1-3H3. The maximum atomic E-state index is 12.9. The van der Waals surface area contributed by atoms with Gasteiger partial charge in [0.2, 0.25) is 15.9 Å². The molecule has 3 rings (SSSR count). The summed E-state index contributed by atoms with van der Waals surface area (Å²) in [4.78, 5) is 41.8. The van der Waals surface area contributed by atoms with Gasteiger partial charge in [0.1, 0.15) is 12.3 Å². The Kier molecular flexibility index (Phi) is 7.80. The van der Waals surface area contributed by atoms with Crippen LogP contribution in [0.1, 0.15) is 20.8 Å². The van der Waals surface area contributed by atoms with Crippen LogP contribution in [0.15, 0.2) is 23.1 Å². The minimum atomic E-state index is -3.75. The highest BCUT2D eigenvalue weighted by atomic mass is 32.2. The Hall–Kier alpha value is -2.86. The Morgan fingerprint density at radius 2 is 1.70 bits per heavy atom. The Labute approximate surface area is 193 Å². The molecular formula is C21H30N4O7S. The van der Waals surface area contributed by atoms with Gasteiger partial charge >= 0.3 is 6.09 Å². The zero-order valence-corrected chi connectivity index (χ0v) is 20.0. The van der Waals surface area contributed by atoms with Crippen molar-refractivity contribution >= 4 is 33.6 Å². The molecule has 1 aromatic carbocycles. The van der Waals surface area contributed by atoms with Crippen LogP contribution in [0.3, 0.4) is 0 Å². The fraction of sp³-hybridized carbons (Fsp3) is 0.571. The molecule has 1 fully saturated rings. The summed E-state index contributed by atoms with van der Waals surface area (Å²) in [6.07, 6.45) is -0.413. The van der Waals surface area contributed by atoms with Gasteiger partial charge in [0, 0.05) is 39.3 Å². The van der Waals surface area contributed by atoms with Crippen LogP contribution in [-0.2, 0) is 24.3 Å². The number of anilines is 1. The molecule has 0 radical (unpaired) electrons. The van der Waals surface area contributed by atoms with Gasteiger partial charge in [-0.3, -0.25) is 14.5 Å². The first-order valence-electron chi connectivity index (χ1n) is 11.0. The summed E-state index contributed by atoms with van der Waals surface area (Å²) >= 11 is 0. The van der Waals surface area contributed by atoms with E-state index in [9.17, 15) is 22.8 Å². The Morgan fingerprint density at radius 1 is 1.06 bits per heavy atom. The first-order chi connectivity index (χ1) is 15.7. The van der Waals surface area contributed by atoms with Crippen molar-refractivity contribution in [2.45, 2.75) is 25.7 Å². The molecule has 0 aliphatic carbocycles. The normalized spacial score (nSPS) is 16.5. The first-order valence-corrected chi connectivity index (χ1v) is 12.4. The van der Waals surface area contributed by atoms with Crippen molar-refractivity contribution < 1.29 is 32.3 Å². The molecule has 2 heterocycles. The minimum Gasteiger partial charge on any atom is -0.482 e. The number of benzene rings is 1. The highest BCUT2D eigenvalue weighted by Crippen LogP contribution is 2.35. The molecule has 0 unspecified atom stereocenters. The summed E-state index contributed by atoms with van der Waals surface area (Å²) in [7, 11) is -3.75. The predicted molar refractivity (Wildman–Crippen MR) is 120 cm³/mol. The van der Waals surface area contributed by atoms with Crippen molar-refractivity contribution in [3.63, 3.8) is 0 Å². The van der Waals surface area contributed by atoms with Crippen molar-refractivity contribution in [2.75, 3.05) is 63.9 Å². The third-order valence-electron chi connectivity index (χ3n) is 5.67. The second kappa shape index (κ2) is 10.4. The minimum absolute atomic E-state index is 0.0312. The highest BCUT2D eigenvalue weighted by Gasteiger charge is 2.33. The molecular weight excluding hydrogens is 452 g/mol. The summed E-state index contributed by atoms with van der Waals surface area (Å²) in [6, 6.07) is 4.33. The molecule has 33 heavy (non-hydrogen) atoms. The second-order valence-electron chi connectivity index (χ2n) is 7.55. The van der Waals surface area contributed by atoms with Gasteiger partial charge in [-0.15, -0.1) is 0 Å². The number of carbonyl (C=O) groups is 3. The van der Waals surface area contributed by atoms with Gasteiger partial charge < -0.3 is 19.3 Å². The summed E-state index contributed by atoms with van der Waals surface area (Å²) in [5.74, 6) is -0.386. The van der Waals surface area contributed by atoms with Gasteiger partial charge in [-0.25, -0.2) is 13.2 Å². The maximum absolute atomic E-state index is 12.9. The number of ether oxygens (including phenoxy) is 2. The maximum Gasteiger partial charge on any atom is 0.409 e. The molecule has 2 aliphatic rings. The summed E-state index contributed by atoms with van der Waals surface area (Å²) in [6.45, 7) is 6.96. The van der Waals surface area contributed by atoms with Gasteiger partial charge in [-0.1, -0.05) is 13.8 Å². The molecule has 1 saturated heterocycles. The van der Waals surface area contributed by atoms with Crippen LogP contribution >= 0.6 is 0 Å². The number of rotatable bonds is 7. The predicted octanol–water partition coefficient (Wildman–Crippen LogP) is 0.743. The highest BCUT2D eigenvalue weighted by molar-refractivity contribution is 7.89. The number of piperazine rings is 1. The Bertz CT molecular complexity index is 1000. The fourth-order valence-corrected chi connectivity index (χ4v) is 5.30. The lowest BCUT2D eigenvalue weighted by atomic mass is 10.2. The molecule has 12 heteroatoms. The average Bonchev–Trinajstić information content (AvgIpc) is 2.81. The SMILES string of the molecule is CCOC(=O)N1CCN(C(=O)CN2C(=O)COc3ccc(S(=O)(=O)N(CC)CC)cc32)CC1. The number of hydrogen-bond acceptors (Lipinski definition) is 7. The monoisotopic (exact) mass is 482 g/mol. The fourth-order valence-electron chi connectivity index (χ4n) is 3.82. The molecule has 0 atom stereocenters. The first kappa shape index (κ1) is 24.8. The number of hydrogen-bond donors (Lipinski definition) is 0. The molecule has 2 aliphatic heterocycles. The third kappa shape index (κ3) is 5.22. The zero-order valence-electron chi connectivity index (χ0n) is 19.2. The lowest BCUT2D eigenvalue weighted by Gasteiger charge is -2.36. The molecule has 3 amide bonds. The van der Waals surface area contributed by atoms with Gasteiger partial charge in [0.25, 0.3) is 5.91 Å². The lowest BCUT2D eigenvalue weighted by Crippen LogP contribution is -2.54. The second-order valence-corrected chi connectivity index (χ2v) is 9.49. The van der Waals surface area contributed by atoms with Crippen molar-refractivity contribution in [3.05, 3.63) is 18.2 Å². The average molecular weight is 483 g/mol. The van der Waals surface area contributed by atoms with Gasteiger partial charge in [-0.2, -0.15) is 4.31 Å². The Balaban J connectivity index is 1.77. The van der Waals surface area contributed by atoms with Gasteiger partial charge in [0.05, 0.1) is 17.2 Å². The molecule has 11 nitrogen and oxygen atoms in total. The van der Waals surface area contributed by atoms with Crippen LogP contribution in [0.5, 0.6) is 5.75 Å². The summed E-state index contributed by atoms with van der Waals surface area (Å²) in [5.41, 5.74) is 0.248. The van der Waals surface area contributed by atoms with E-state index in [4.69, 9.17) is 9.47 Å². The molecule has 0 bridgehead atoms. The van der Waals surface area contributed by atoms with Crippen LogP contribution in [0.4, 0.5) is 10.5 Å². The van der Waals surface area contributed by atoms with Crippen LogP contribution in [0.25, 0.3) is 0 Å². The molecule has 0 N–H and O–H groups in total. The summed E-state index contributed by atoms with van der Waals surface area (Å²) in [5, 5.41) is 0. The smallest absolute Gasteiger partial charge is 0.409 e. The van der Waals surface area contributed by atoms with E-state index >= 15 is 0 Å². The van der Waals surface area contributed by atoms with E-state index in [-0.39, 0.29) is 36.2 Å². The van der Waals surface area contributed by atoms with E-state index in [0.29, 0.717) is 45.0 Å². The van der Waals surface area contributed by atoms with E-state index in [1.165, 1.54) is 32.3 Å². The number of fused-ring (bicyclic) bond motifs is 1. The van der Waals surface area contributed by atoms with Crippen molar-refractivity contribution in [1.29, 1.82) is 0 Å². The lowest BCUT2D eigenvalue weighted by molar-refractivity contribution is -0.133. The molecule has 182 valence electrons. The van der Waals surface area contributed by atoms with Crippen LogP contribution in [0.2, 0.25) is 0 Å². The van der Waals surface area contributed by atoms with E-state index in [1.54, 1.807) is 25.7 Å². The van der Waals surface area contributed by atoms with E-state index in [1.807, 2.05) is 0 Å². The Morgan fingerprint density at radius 3 is 2.30 bits per heavy atom. The van der Waals surface area contributed by atoms with Crippen molar-refractivity contribution in [3.8, 4) is 5.75 Å². The van der Waals surface area contributed by atoms with Gasteiger partial charge in [-0.05, 0) is 25.1 Å². The van der Waals surface area contributed by atoms with Gasteiger partial charge in [0.15, 0.2) is 6.61 Å². The topological polar surface area (TPSA) is 117 Å². The molecule has 1 aromatic rings. The van der Waals surface area contributed by atoms with Crippen molar-refractivity contribution in [1.82, 2.24) is 14.1 Å². The molecule has 0 spiro atoms. The van der Waals surface area contributed by atoms with Crippen LogP contribution in [-0.4, -0.2) is 99.5 Å². The third-order valence-corrected chi connectivity index (χ3v) is 7.71. The van der Waals surface area contributed by atoms with Crippen LogP contribution < -0.4 is 9.64 Å². The number of amides is 3. The number of carbonyl (C=O) groups excluding carboxylic acids is 3. The van der Waals surface area contributed by atoms with E-state index in [0.717, 1.165) is 0 Å². The number of nitrogens with zero attached hydrogens (tertiary/aromatic N) is 4. The largest absolute Gasteiger partial charge is 0.482 e. The van der Waals surface area contributed by atoms with Crippen LogP contribution in [0, 0.1) is 0 Å². The molecule has 0 saturated carbocycles. The van der Waals surface area contributed by atoms with Crippen molar-refractivity contribution in [2.24, 2.45) is 0 Å². The zero-order chi connectivity index (χ0) is 24.2. The number of sulfonamides is 1.